The molecule has 2 aromatic rings. The van der Waals surface area contributed by atoms with Crippen LogP contribution in [0, 0.1) is 5.41 Å². The van der Waals surface area contributed by atoms with E-state index in [0.717, 1.165) is 11.9 Å². The van der Waals surface area contributed by atoms with E-state index < -0.39 is 0 Å². The van der Waals surface area contributed by atoms with Gasteiger partial charge >= 0.3 is 0 Å². The molecule has 94 valence electrons. The second kappa shape index (κ2) is 7.35. The van der Waals surface area contributed by atoms with E-state index in [1.807, 2.05) is 37.4 Å². The van der Waals surface area contributed by atoms with Crippen LogP contribution in [-0.2, 0) is 0 Å². The Hall–Kier alpha value is -2.00. The smallest absolute Gasteiger partial charge is 0.124 e. The molecule has 3 N–H and O–H groups in total. The first-order valence-electron chi connectivity index (χ1n) is 5.39. The van der Waals surface area contributed by atoms with Crippen LogP contribution in [0.5, 0.6) is 5.75 Å². The molecule has 3 nitrogen and oxygen atoms in total. The Kier molecular flexibility index (Phi) is 5.74. The number of para-hydroxylation sites is 1. The number of hydrogen-bond acceptors (Lipinski definition) is 3. The Morgan fingerprint density at radius 1 is 1.17 bits per heavy atom. The van der Waals surface area contributed by atoms with Gasteiger partial charge in [-0.1, -0.05) is 29.8 Å². The maximum absolute atomic E-state index is 9.03. The molecule has 0 radical (unpaired) electrons. The highest BCUT2D eigenvalue weighted by Gasteiger charge is 1.96. The van der Waals surface area contributed by atoms with Gasteiger partial charge in [0.05, 0.1) is 0 Å². The first kappa shape index (κ1) is 14.1. The van der Waals surface area contributed by atoms with Crippen LogP contribution in [0.2, 0.25) is 5.02 Å². The lowest BCUT2D eigenvalue weighted by Gasteiger charge is -1.96. The number of nitrogens with one attached hydrogen (secondary N) is 2. The number of hydrogen-bond donors (Lipinski definition) is 3. The van der Waals surface area contributed by atoms with Crippen LogP contribution in [0.25, 0.3) is 0 Å². The molecule has 0 bridgehead atoms. The van der Waals surface area contributed by atoms with Crippen molar-refractivity contribution in [3.63, 3.8) is 0 Å². The van der Waals surface area contributed by atoms with Crippen LogP contribution in [0.1, 0.15) is 5.56 Å². The largest absolute Gasteiger partial charge is 0.507 e. The van der Waals surface area contributed by atoms with Gasteiger partial charge in [-0.2, -0.15) is 0 Å². The molecule has 0 unspecified atom stereocenters. The predicted octanol–water partition coefficient (Wildman–Crippen LogP) is 3.77. The zero-order valence-electron chi connectivity index (χ0n) is 10.0. The maximum atomic E-state index is 9.03. The van der Waals surface area contributed by atoms with Crippen LogP contribution in [0.3, 0.4) is 0 Å². The number of rotatable bonds is 2. The summed E-state index contributed by atoms with van der Waals surface area (Å²) < 4.78 is 0. The molecule has 0 saturated heterocycles. The topological polar surface area (TPSA) is 56.1 Å². The van der Waals surface area contributed by atoms with Crippen molar-refractivity contribution in [2.45, 2.75) is 0 Å². The molecule has 0 fully saturated rings. The van der Waals surface area contributed by atoms with E-state index in [0.29, 0.717) is 10.6 Å². The van der Waals surface area contributed by atoms with Crippen LogP contribution >= 0.6 is 11.6 Å². The highest BCUT2D eigenvalue weighted by Crippen LogP contribution is 2.18. The average Bonchev–Trinajstić information content (AvgIpc) is 2.43. The second-order valence-corrected chi connectivity index (χ2v) is 3.90. The highest BCUT2D eigenvalue weighted by atomic mass is 35.5. The molecule has 0 saturated carbocycles. The van der Waals surface area contributed by atoms with Crippen molar-refractivity contribution in [1.82, 2.24) is 0 Å². The van der Waals surface area contributed by atoms with E-state index >= 15 is 0 Å². The molecule has 2 aromatic carbocycles. The Balaban J connectivity index is 0.000000184. The number of benzene rings is 2. The van der Waals surface area contributed by atoms with Gasteiger partial charge in [0.25, 0.3) is 0 Å². The van der Waals surface area contributed by atoms with Gasteiger partial charge in [-0.05, 0) is 30.3 Å². The minimum absolute atomic E-state index is 0.0828. The predicted molar refractivity (Wildman–Crippen MR) is 77.0 cm³/mol. The fourth-order valence-electron chi connectivity index (χ4n) is 1.25. The van der Waals surface area contributed by atoms with Gasteiger partial charge in [-0.25, -0.2) is 0 Å². The summed E-state index contributed by atoms with van der Waals surface area (Å²) in [4.78, 5) is 0. The van der Waals surface area contributed by atoms with Crippen molar-refractivity contribution < 1.29 is 5.11 Å². The molecule has 0 aliphatic heterocycles. The standard InChI is InChI=1S/C7H6ClNO.C7H9N/c8-6-1-2-7(10)5(3-6)4-9;1-8-7-5-3-2-4-6-7/h1-4,9-10H;2-6,8H,1H3. The van der Waals surface area contributed by atoms with Gasteiger partial charge in [-0.3, -0.25) is 0 Å². The number of anilines is 1. The lowest BCUT2D eigenvalue weighted by molar-refractivity contribution is 0.474. The molecular formula is C14H15ClN2O. The number of aromatic hydroxyl groups is 1. The van der Waals surface area contributed by atoms with Crippen molar-refractivity contribution in [3.05, 3.63) is 59.1 Å². The average molecular weight is 263 g/mol. The zero-order chi connectivity index (χ0) is 13.4. The Morgan fingerprint density at radius 3 is 2.28 bits per heavy atom. The van der Waals surface area contributed by atoms with Crippen molar-refractivity contribution in [1.29, 1.82) is 5.41 Å². The first-order chi connectivity index (χ1) is 8.67. The SMILES string of the molecule is CNc1ccccc1.N=Cc1cc(Cl)ccc1O. The summed E-state index contributed by atoms with van der Waals surface area (Å²) >= 11 is 5.58. The third kappa shape index (κ3) is 4.47. The normalized spacial score (nSPS) is 9.00. The number of phenolic OH excluding ortho intramolecular Hbond substituents is 1. The van der Waals surface area contributed by atoms with E-state index in [4.69, 9.17) is 22.1 Å². The molecule has 0 aromatic heterocycles. The maximum Gasteiger partial charge on any atom is 0.124 e. The van der Waals surface area contributed by atoms with Crippen molar-refractivity contribution in [2.24, 2.45) is 0 Å². The first-order valence-corrected chi connectivity index (χ1v) is 5.77. The molecule has 0 heterocycles. The minimum Gasteiger partial charge on any atom is -0.507 e. The number of halogens is 1. The van der Waals surface area contributed by atoms with Gasteiger partial charge in [0.15, 0.2) is 0 Å². The van der Waals surface area contributed by atoms with E-state index in [1.165, 1.54) is 12.1 Å². The van der Waals surface area contributed by atoms with Crippen LogP contribution in [-0.4, -0.2) is 18.4 Å². The molecule has 0 atom stereocenters. The molecule has 0 aliphatic carbocycles. The van der Waals surface area contributed by atoms with Crippen LogP contribution < -0.4 is 5.32 Å². The van der Waals surface area contributed by atoms with Crippen LogP contribution in [0.4, 0.5) is 5.69 Å². The third-order valence-corrected chi connectivity index (χ3v) is 2.44. The van der Waals surface area contributed by atoms with E-state index in [1.54, 1.807) is 6.07 Å². The molecule has 0 spiro atoms. The van der Waals surface area contributed by atoms with Gasteiger partial charge in [0, 0.05) is 29.5 Å². The molecule has 18 heavy (non-hydrogen) atoms. The number of phenols is 1. The second-order valence-electron chi connectivity index (χ2n) is 3.46. The summed E-state index contributed by atoms with van der Waals surface area (Å²) in [6.07, 6.45) is 1.06. The fraction of sp³-hybridized carbons (Fsp3) is 0.0714. The van der Waals surface area contributed by atoms with Crippen molar-refractivity contribution >= 4 is 23.5 Å². The van der Waals surface area contributed by atoms with Crippen molar-refractivity contribution in [2.75, 3.05) is 12.4 Å². The summed E-state index contributed by atoms with van der Waals surface area (Å²) in [6, 6.07) is 14.6. The quantitative estimate of drug-likeness (QED) is 0.722. The summed E-state index contributed by atoms with van der Waals surface area (Å²) in [6.45, 7) is 0. The van der Waals surface area contributed by atoms with Gasteiger partial charge in [0.2, 0.25) is 0 Å². The third-order valence-electron chi connectivity index (χ3n) is 2.21. The van der Waals surface area contributed by atoms with E-state index in [2.05, 4.69) is 5.32 Å². The molecule has 2 rings (SSSR count). The lowest BCUT2D eigenvalue weighted by atomic mass is 10.2. The molecule has 4 heteroatoms. The van der Waals surface area contributed by atoms with Crippen LogP contribution in [0.15, 0.2) is 48.5 Å². The minimum atomic E-state index is 0.0828. The molecule has 0 aliphatic rings. The Morgan fingerprint density at radius 2 is 1.83 bits per heavy atom. The zero-order valence-corrected chi connectivity index (χ0v) is 10.8. The van der Waals surface area contributed by atoms with E-state index in [9.17, 15) is 0 Å². The van der Waals surface area contributed by atoms with Crippen molar-refractivity contribution in [3.8, 4) is 5.75 Å². The lowest BCUT2D eigenvalue weighted by Crippen LogP contribution is -1.84. The summed E-state index contributed by atoms with van der Waals surface area (Å²) in [7, 11) is 1.91. The van der Waals surface area contributed by atoms with Gasteiger partial charge < -0.3 is 15.8 Å². The summed E-state index contributed by atoms with van der Waals surface area (Å²) in [5.41, 5.74) is 1.60. The molecular weight excluding hydrogens is 248 g/mol. The summed E-state index contributed by atoms with van der Waals surface area (Å²) in [5.74, 6) is 0.0828. The van der Waals surface area contributed by atoms with Gasteiger partial charge in [0.1, 0.15) is 5.75 Å². The Bertz CT molecular complexity index is 500. The summed E-state index contributed by atoms with van der Waals surface area (Å²) in [5, 5.41) is 19.4. The molecule has 0 amide bonds. The monoisotopic (exact) mass is 262 g/mol. The highest BCUT2D eigenvalue weighted by molar-refractivity contribution is 6.30. The fourth-order valence-corrected chi connectivity index (χ4v) is 1.43. The van der Waals surface area contributed by atoms with Gasteiger partial charge in [-0.15, -0.1) is 0 Å². The van der Waals surface area contributed by atoms with E-state index in [-0.39, 0.29) is 5.75 Å². The Labute approximate surface area is 112 Å².